The fourth-order valence-electron chi connectivity index (χ4n) is 6.46. The molecule has 2 aromatic rings. The number of nitrogens with one attached hydrogen (secondary N) is 2. The Balaban J connectivity index is 1.56. The van der Waals surface area contributed by atoms with Crippen LogP contribution in [-0.2, 0) is 17.3 Å². The van der Waals surface area contributed by atoms with Gasteiger partial charge >= 0.3 is 0 Å². The molecule has 3 heteroatoms. The van der Waals surface area contributed by atoms with Crippen LogP contribution in [-0.4, -0.2) is 17.7 Å². The molecule has 29 heavy (non-hydrogen) atoms. The van der Waals surface area contributed by atoms with Crippen LogP contribution < -0.4 is 10.6 Å². The van der Waals surface area contributed by atoms with Crippen LogP contribution in [0.5, 0.6) is 5.75 Å². The smallest absolute Gasteiger partial charge is 0.139 e. The van der Waals surface area contributed by atoms with Gasteiger partial charge in [-0.1, -0.05) is 51.8 Å². The minimum Gasteiger partial charge on any atom is -0.506 e. The average Bonchev–Trinajstić information content (AvgIpc) is 2.69. The van der Waals surface area contributed by atoms with Crippen molar-refractivity contribution in [3.63, 3.8) is 0 Å². The van der Waals surface area contributed by atoms with Gasteiger partial charge in [0.1, 0.15) is 5.75 Å². The molecule has 1 aliphatic heterocycles. The van der Waals surface area contributed by atoms with E-state index in [9.17, 15) is 5.11 Å². The molecular formula is C26H34N2O. The van der Waals surface area contributed by atoms with Gasteiger partial charge in [-0.25, -0.2) is 0 Å². The Morgan fingerprint density at radius 3 is 2.72 bits per heavy atom. The van der Waals surface area contributed by atoms with Crippen molar-refractivity contribution < 1.29 is 5.11 Å². The van der Waals surface area contributed by atoms with Gasteiger partial charge in [-0.2, -0.15) is 0 Å². The predicted octanol–water partition coefficient (Wildman–Crippen LogP) is 5.78. The lowest BCUT2D eigenvalue weighted by atomic mass is 9.53. The van der Waals surface area contributed by atoms with E-state index in [4.69, 9.17) is 0 Å². The van der Waals surface area contributed by atoms with E-state index in [0.29, 0.717) is 11.8 Å². The molecule has 1 saturated heterocycles. The first-order valence-corrected chi connectivity index (χ1v) is 11.3. The van der Waals surface area contributed by atoms with E-state index in [0.717, 1.165) is 30.3 Å². The molecule has 1 saturated carbocycles. The number of aromatic hydroxyl groups is 1. The highest BCUT2D eigenvalue weighted by Gasteiger charge is 2.51. The summed E-state index contributed by atoms with van der Waals surface area (Å²) in [7, 11) is 0. The molecule has 1 heterocycles. The molecule has 5 rings (SSSR count). The molecule has 3 N–H and O–H groups in total. The number of piperidine rings is 1. The number of benzene rings is 2. The molecule has 2 fully saturated rings. The van der Waals surface area contributed by atoms with Crippen molar-refractivity contribution in [2.24, 2.45) is 5.92 Å². The Labute approximate surface area is 174 Å². The van der Waals surface area contributed by atoms with Gasteiger partial charge < -0.3 is 15.7 Å². The summed E-state index contributed by atoms with van der Waals surface area (Å²) in [5.41, 5.74) is 6.37. The van der Waals surface area contributed by atoms with Crippen molar-refractivity contribution in [1.82, 2.24) is 5.32 Å². The highest BCUT2D eigenvalue weighted by Crippen LogP contribution is 2.55. The lowest BCUT2D eigenvalue weighted by Crippen LogP contribution is -2.59. The molecule has 3 aliphatic rings. The second-order valence-electron chi connectivity index (χ2n) is 10.5. The number of anilines is 2. The third-order valence-corrected chi connectivity index (χ3v) is 7.76. The largest absolute Gasteiger partial charge is 0.506 e. The fourth-order valence-corrected chi connectivity index (χ4v) is 6.46. The summed E-state index contributed by atoms with van der Waals surface area (Å²) in [6.07, 6.45) is 7.58. The Morgan fingerprint density at radius 2 is 1.90 bits per heavy atom. The highest BCUT2D eigenvalue weighted by atomic mass is 16.3. The van der Waals surface area contributed by atoms with Crippen LogP contribution in [0.3, 0.4) is 0 Å². The zero-order chi connectivity index (χ0) is 20.2. The predicted molar refractivity (Wildman–Crippen MR) is 120 cm³/mol. The van der Waals surface area contributed by atoms with Crippen molar-refractivity contribution >= 4 is 11.4 Å². The van der Waals surface area contributed by atoms with Crippen LogP contribution >= 0.6 is 0 Å². The van der Waals surface area contributed by atoms with Gasteiger partial charge in [0.25, 0.3) is 0 Å². The number of fused-ring (bicyclic) bond motifs is 1. The van der Waals surface area contributed by atoms with E-state index < -0.39 is 0 Å². The van der Waals surface area contributed by atoms with Crippen molar-refractivity contribution in [2.45, 2.75) is 76.2 Å². The first kappa shape index (κ1) is 19.0. The average molecular weight is 391 g/mol. The molecule has 0 amide bonds. The third kappa shape index (κ3) is 3.06. The summed E-state index contributed by atoms with van der Waals surface area (Å²) in [5, 5.41) is 18.4. The molecule has 0 unspecified atom stereocenters. The van der Waals surface area contributed by atoms with E-state index in [1.165, 1.54) is 48.8 Å². The van der Waals surface area contributed by atoms with Gasteiger partial charge in [-0.05, 0) is 78.5 Å². The number of hydrogen-bond donors (Lipinski definition) is 3. The van der Waals surface area contributed by atoms with Gasteiger partial charge in [0.2, 0.25) is 0 Å². The van der Waals surface area contributed by atoms with Crippen molar-refractivity contribution in [3.8, 4) is 5.75 Å². The maximum absolute atomic E-state index is 11.0. The Morgan fingerprint density at radius 1 is 1.07 bits per heavy atom. The van der Waals surface area contributed by atoms with E-state index in [1.807, 2.05) is 0 Å². The van der Waals surface area contributed by atoms with Gasteiger partial charge in [-0.15, -0.1) is 0 Å². The number of rotatable bonds is 2. The molecule has 3 nitrogen and oxygen atoms in total. The normalized spacial score (nSPS) is 28.4. The summed E-state index contributed by atoms with van der Waals surface area (Å²) in [6.45, 7) is 7.81. The number of phenolic OH excluding ortho intramolecular Hbond substituents is 1. The molecule has 2 aliphatic carbocycles. The zero-order valence-corrected chi connectivity index (χ0v) is 18.0. The van der Waals surface area contributed by atoms with E-state index >= 15 is 0 Å². The van der Waals surface area contributed by atoms with Gasteiger partial charge in [0.05, 0.1) is 5.69 Å². The molecule has 3 atom stereocenters. The van der Waals surface area contributed by atoms with E-state index in [2.05, 4.69) is 67.8 Å². The maximum Gasteiger partial charge on any atom is 0.139 e. The lowest BCUT2D eigenvalue weighted by Gasteiger charge is -2.56. The minimum atomic E-state index is 0.0443. The van der Waals surface area contributed by atoms with Gasteiger partial charge in [-0.3, -0.25) is 0 Å². The van der Waals surface area contributed by atoms with E-state index in [-0.39, 0.29) is 10.8 Å². The molecule has 0 aromatic heterocycles. The monoisotopic (exact) mass is 390 g/mol. The van der Waals surface area contributed by atoms with Crippen LogP contribution in [0.25, 0.3) is 0 Å². The summed E-state index contributed by atoms with van der Waals surface area (Å²) >= 11 is 0. The van der Waals surface area contributed by atoms with Crippen LogP contribution in [0.1, 0.15) is 69.6 Å². The summed E-state index contributed by atoms with van der Waals surface area (Å²) in [4.78, 5) is 0. The van der Waals surface area contributed by atoms with Crippen molar-refractivity contribution in [3.05, 3.63) is 53.1 Å². The second kappa shape index (κ2) is 6.77. The summed E-state index contributed by atoms with van der Waals surface area (Å²) in [6, 6.07) is 13.4. The maximum atomic E-state index is 11.0. The highest BCUT2D eigenvalue weighted by molar-refractivity contribution is 5.71. The molecule has 154 valence electrons. The van der Waals surface area contributed by atoms with Crippen LogP contribution in [0.2, 0.25) is 0 Å². The fraction of sp³-hybridized carbons (Fsp3) is 0.538. The zero-order valence-electron chi connectivity index (χ0n) is 18.0. The summed E-state index contributed by atoms with van der Waals surface area (Å²) in [5.74, 6) is 1.13. The Kier molecular flexibility index (Phi) is 4.43. The van der Waals surface area contributed by atoms with Crippen LogP contribution in [0.4, 0.5) is 11.4 Å². The topological polar surface area (TPSA) is 44.3 Å². The first-order chi connectivity index (χ1) is 13.9. The number of hydrogen-bond acceptors (Lipinski definition) is 3. The Hall–Kier alpha value is -2.00. The third-order valence-electron chi connectivity index (χ3n) is 7.76. The van der Waals surface area contributed by atoms with Crippen molar-refractivity contribution in [1.29, 1.82) is 0 Å². The number of para-hydroxylation sites is 1. The van der Waals surface area contributed by atoms with Crippen molar-refractivity contribution in [2.75, 3.05) is 11.9 Å². The Bertz CT molecular complexity index is 925. The van der Waals surface area contributed by atoms with Gasteiger partial charge in [0.15, 0.2) is 0 Å². The molecule has 2 aromatic carbocycles. The van der Waals surface area contributed by atoms with E-state index in [1.54, 1.807) is 0 Å². The summed E-state index contributed by atoms with van der Waals surface area (Å²) < 4.78 is 0. The first-order valence-electron chi connectivity index (χ1n) is 11.3. The lowest BCUT2D eigenvalue weighted by molar-refractivity contribution is 0.0796. The quantitative estimate of drug-likeness (QED) is 0.570. The molecule has 0 spiro atoms. The van der Waals surface area contributed by atoms with Gasteiger partial charge in [0, 0.05) is 17.1 Å². The molecular weight excluding hydrogens is 356 g/mol. The second-order valence-corrected chi connectivity index (χ2v) is 10.5. The standard InChI is InChI=1S/C26H34N2O/c1-25(2,3)18-8-4-5-10-21(18)28-23-15-17-14-22-19-9-6-7-11-26(19,12-13-27-22)20(17)16-24(23)29/h4-5,8,10,15-16,19,22,27-29H,6-7,9,11-14H2,1-3H3/t19-,22+,26+/m0/s1. The van der Waals surface area contributed by atoms with Crippen LogP contribution in [0.15, 0.2) is 36.4 Å². The van der Waals surface area contributed by atoms with Crippen LogP contribution in [0, 0.1) is 5.92 Å². The SMILES string of the molecule is CC(C)(C)c1ccccc1Nc1cc2c(cc1O)[C@@]13CCCC[C@H]1[C@@H](C2)NCC3. The number of phenols is 1. The molecule has 0 radical (unpaired) electrons. The molecule has 2 bridgehead atoms. The minimum absolute atomic E-state index is 0.0443.